The summed E-state index contributed by atoms with van der Waals surface area (Å²) in [5.41, 5.74) is 4.73. The minimum Gasteiger partial charge on any atom is -0.453 e. The maximum absolute atomic E-state index is 12.3. The van der Waals surface area contributed by atoms with Crippen LogP contribution in [-0.2, 0) is 28.9 Å². The van der Waals surface area contributed by atoms with Crippen molar-refractivity contribution in [2.45, 2.75) is 44.7 Å². The molecule has 1 amide bonds. The summed E-state index contributed by atoms with van der Waals surface area (Å²) in [5.74, 6) is 0.868. The summed E-state index contributed by atoms with van der Waals surface area (Å²) < 4.78 is 12.7. The standard InChI is InChI=1S/C22H26N6O3/c1-30-22(29)26-8-4-19-17(14-26)21(25-28(19)16-5-9-31-10-6-16)27-7-2-3-18-20(27)11-15(12-23)13-24-18/h11,13,16H,2-10,14H2,1H3. The van der Waals surface area contributed by atoms with Crippen LogP contribution in [0.3, 0.4) is 0 Å². The van der Waals surface area contributed by atoms with E-state index in [2.05, 4.69) is 20.6 Å². The van der Waals surface area contributed by atoms with Crippen LogP contribution in [0.4, 0.5) is 16.3 Å². The van der Waals surface area contributed by atoms with Crippen LogP contribution >= 0.6 is 0 Å². The van der Waals surface area contributed by atoms with Gasteiger partial charge in [0.15, 0.2) is 5.82 Å². The Morgan fingerprint density at radius 1 is 1.29 bits per heavy atom. The van der Waals surface area contributed by atoms with Crippen LogP contribution in [0.2, 0.25) is 0 Å². The molecular formula is C22H26N6O3. The number of nitrogens with zero attached hydrogens (tertiary/aromatic N) is 6. The molecule has 5 rings (SSSR count). The average molecular weight is 422 g/mol. The minimum absolute atomic E-state index is 0.300. The number of aromatic nitrogens is 3. The predicted octanol–water partition coefficient (Wildman–Crippen LogP) is 2.71. The maximum atomic E-state index is 12.3. The van der Waals surface area contributed by atoms with Gasteiger partial charge in [-0.25, -0.2) is 4.79 Å². The number of anilines is 2. The lowest BCUT2D eigenvalue weighted by Crippen LogP contribution is -2.37. The Bertz CT molecular complexity index is 1040. The average Bonchev–Trinajstić information content (AvgIpc) is 3.22. The largest absolute Gasteiger partial charge is 0.453 e. The van der Waals surface area contributed by atoms with E-state index in [-0.39, 0.29) is 6.09 Å². The molecule has 0 aliphatic carbocycles. The van der Waals surface area contributed by atoms with Crippen molar-refractivity contribution < 1.29 is 14.3 Å². The molecule has 9 heteroatoms. The molecule has 5 heterocycles. The third-order valence-corrected chi connectivity index (χ3v) is 6.45. The van der Waals surface area contributed by atoms with Crippen LogP contribution in [-0.4, -0.2) is 59.2 Å². The highest BCUT2D eigenvalue weighted by Gasteiger charge is 2.34. The summed E-state index contributed by atoms with van der Waals surface area (Å²) >= 11 is 0. The second-order valence-electron chi connectivity index (χ2n) is 8.24. The first kappa shape index (κ1) is 19.8. The van der Waals surface area contributed by atoms with Crippen LogP contribution in [0.1, 0.15) is 47.8 Å². The molecule has 0 saturated carbocycles. The van der Waals surface area contributed by atoms with Gasteiger partial charge >= 0.3 is 6.09 Å². The van der Waals surface area contributed by atoms with E-state index in [1.165, 1.54) is 12.8 Å². The van der Waals surface area contributed by atoms with Gasteiger partial charge in [0, 0.05) is 50.2 Å². The number of pyridine rings is 1. The molecule has 2 aromatic rings. The molecule has 1 saturated heterocycles. The second-order valence-corrected chi connectivity index (χ2v) is 8.24. The number of methoxy groups -OCH3 is 1. The number of carbonyl (C=O) groups is 1. The van der Waals surface area contributed by atoms with Gasteiger partial charge in [0.2, 0.25) is 0 Å². The van der Waals surface area contributed by atoms with Gasteiger partial charge in [-0.1, -0.05) is 0 Å². The van der Waals surface area contributed by atoms with Crippen LogP contribution in [0.25, 0.3) is 0 Å². The zero-order chi connectivity index (χ0) is 21.4. The van der Waals surface area contributed by atoms with Gasteiger partial charge in [0.25, 0.3) is 0 Å². The molecule has 0 spiro atoms. The van der Waals surface area contributed by atoms with Crippen molar-refractivity contribution in [3.8, 4) is 6.07 Å². The minimum atomic E-state index is -0.317. The molecule has 2 aromatic heterocycles. The molecule has 3 aliphatic heterocycles. The quantitative estimate of drug-likeness (QED) is 0.734. The van der Waals surface area contributed by atoms with Crippen LogP contribution < -0.4 is 4.90 Å². The van der Waals surface area contributed by atoms with Crippen molar-refractivity contribution in [3.05, 3.63) is 34.8 Å². The van der Waals surface area contributed by atoms with Gasteiger partial charge in [0.05, 0.1) is 36.6 Å². The fourth-order valence-electron chi connectivity index (χ4n) is 4.88. The SMILES string of the molecule is COC(=O)N1CCc2c(c(N3CCCc4ncc(C#N)cc43)nn2C2CCOCC2)C1. The lowest BCUT2D eigenvalue weighted by Gasteiger charge is -2.32. The molecule has 162 valence electrons. The topological polar surface area (TPSA) is 96.5 Å². The fraction of sp³-hybridized carbons (Fsp3) is 0.545. The Balaban J connectivity index is 1.60. The first-order valence-electron chi connectivity index (χ1n) is 10.9. The van der Waals surface area contributed by atoms with Crippen LogP contribution in [0.5, 0.6) is 0 Å². The van der Waals surface area contributed by atoms with Gasteiger partial charge < -0.3 is 19.3 Å². The van der Waals surface area contributed by atoms with E-state index in [0.29, 0.717) is 24.7 Å². The summed E-state index contributed by atoms with van der Waals surface area (Å²) in [4.78, 5) is 20.7. The monoisotopic (exact) mass is 422 g/mol. The molecule has 9 nitrogen and oxygen atoms in total. The summed E-state index contributed by atoms with van der Waals surface area (Å²) in [6.07, 6.45) is 5.78. The molecule has 0 atom stereocenters. The van der Waals surface area contributed by atoms with Crippen molar-refractivity contribution in [1.82, 2.24) is 19.7 Å². The molecule has 0 bridgehead atoms. The Kier molecular flexibility index (Phi) is 5.24. The zero-order valence-corrected chi connectivity index (χ0v) is 17.7. The molecule has 0 radical (unpaired) electrons. The van der Waals surface area contributed by atoms with Crippen molar-refractivity contribution in [3.63, 3.8) is 0 Å². The number of amides is 1. The summed E-state index contributed by atoms with van der Waals surface area (Å²) in [6.45, 7) is 3.37. The number of carbonyl (C=O) groups excluding carboxylic acids is 1. The lowest BCUT2D eigenvalue weighted by molar-refractivity contribution is 0.0649. The van der Waals surface area contributed by atoms with E-state index < -0.39 is 0 Å². The van der Waals surface area contributed by atoms with Gasteiger partial charge in [0.1, 0.15) is 6.07 Å². The van der Waals surface area contributed by atoms with E-state index in [1.807, 2.05) is 6.07 Å². The van der Waals surface area contributed by atoms with E-state index in [4.69, 9.17) is 14.6 Å². The van der Waals surface area contributed by atoms with Gasteiger partial charge in [-0.05, 0) is 31.7 Å². The summed E-state index contributed by atoms with van der Waals surface area (Å²) in [6, 6.07) is 4.40. The van der Waals surface area contributed by atoms with Crippen molar-refractivity contribution in [2.24, 2.45) is 0 Å². The van der Waals surface area contributed by atoms with Crippen molar-refractivity contribution in [2.75, 3.05) is 38.3 Å². The number of nitriles is 1. The highest BCUT2D eigenvalue weighted by Crippen LogP contribution is 2.39. The zero-order valence-electron chi connectivity index (χ0n) is 17.7. The molecule has 0 aromatic carbocycles. The van der Waals surface area contributed by atoms with E-state index in [1.54, 1.807) is 11.1 Å². The number of hydrogen-bond acceptors (Lipinski definition) is 7. The third kappa shape index (κ3) is 3.51. The Hall–Kier alpha value is -3.12. The smallest absolute Gasteiger partial charge is 0.409 e. The van der Waals surface area contributed by atoms with Gasteiger partial charge in [-0.3, -0.25) is 9.67 Å². The Morgan fingerprint density at radius 3 is 2.90 bits per heavy atom. The van der Waals surface area contributed by atoms with E-state index >= 15 is 0 Å². The molecule has 3 aliphatic rings. The normalized spacial score (nSPS) is 18.8. The number of rotatable bonds is 2. The van der Waals surface area contributed by atoms with E-state index in [0.717, 1.165) is 74.6 Å². The number of hydrogen-bond donors (Lipinski definition) is 0. The van der Waals surface area contributed by atoms with Crippen LogP contribution in [0, 0.1) is 11.3 Å². The fourth-order valence-corrected chi connectivity index (χ4v) is 4.88. The summed E-state index contributed by atoms with van der Waals surface area (Å²) in [5, 5.41) is 14.5. The number of ether oxygens (including phenoxy) is 2. The first-order valence-corrected chi connectivity index (χ1v) is 10.9. The van der Waals surface area contributed by atoms with Crippen LogP contribution in [0.15, 0.2) is 12.3 Å². The Morgan fingerprint density at radius 2 is 2.13 bits per heavy atom. The number of fused-ring (bicyclic) bond motifs is 2. The first-order chi connectivity index (χ1) is 15.2. The highest BCUT2D eigenvalue weighted by atomic mass is 16.5. The third-order valence-electron chi connectivity index (χ3n) is 6.45. The Labute approximate surface area is 181 Å². The molecule has 1 fully saturated rings. The molecular weight excluding hydrogens is 396 g/mol. The maximum Gasteiger partial charge on any atom is 0.409 e. The van der Waals surface area contributed by atoms with Gasteiger partial charge in [-0.15, -0.1) is 0 Å². The highest BCUT2D eigenvalue weighted by molar-refractivity contribution is 5.71. The molecule has 31 heavy (non-hydrogen) atoms. The summed E-state index contributed by atoms with van der Waals surface area (Å²) in [7, 11) is 1.42. The van der Waals surface area contributed by atoms with Crippen molar-refractivity contribution in [1.29, 1.82) is 5.26 Å². The molecule has 0 unspecified atom stereocenters. The molecule has 0 N–H and O–H groups in total. The van der Waals surface area contributed by atoms with Gasteiger partial charge in [-0.2, -0.15) is 10.4 Å². The lowest BCUT2D eigenvalue weighted by atomic mass is 10.0. The van der Waals surface area contributed by atoms with E-state index in [9.17, 15) is 10.1 Å². The van der Waals surface area contributed by atoms with Crippen molar-refractivity contribution >= 4 is 17.6 Å². The predicted molar refractivity (Wildman–Crippen MR) is 112 cm³/mol. The number of aryl methyl sites for hydroxylation is 1. The second kappa shape index (κ2) is 8.19.